The molecule has 0 aliphatic heterocycles. The number of hydrogen-bond acceptors (Lipinski definition) is 4. The van der Waals surface area contributed by atoms with Crippen LogP contribution in [0.5, 0.6) is 0 Å². The number of pyridine rings is 1. The Balaban J connectivity index is 1.73. The van der Waals surface area contributed by atoms with E-state index >= 15 is 0 Å². The van der Waals surface area contributed by atoms with Crippen LogP contribution in [0, 0.1) is 5.95 Å². The quantitative estimate of drug-likeness (QED) is 0.866. The van der Waals surface area contributed by atoms with E-state index in [1.807, 2.05) is 5.38 Å². The van der Waals surface area contributed by atoms with E-state index in [1.54, 1.807) is 0 Å². The molecule has 3 rings (SSSR count). The molecule has 2 aromatic heterocycles. The van der Waals surface area contributed by atoms with Crippen LogP contribution in [-0.2, 0) is 0 Å². The summed E-state index contributed by atoms with van der Waals surface area (Å²) in [7, 11) is 0. The van der Waals surface area contributed by atoms with Gasteiger partial charge in [0.2, 0.25) is 5.95 Å². The molecule has 92 valence electrons. The van der Waals surface area contributed by atoms with Crippen molar-refractivity contribution in [3.8, 4) is 0 Å². The van der Waals surface area contributed by atoms with Gasteiger partial charge in [0, 0.05) is 11.3 Å². The minimum atomic E-state index is -0.666. The van der Waals surface area contributed by atoms with Crippen LogP contribution in [0.3, 0.4) is 0 Å². The standard InChI is InChI=1S/C12H10FN3OS/c13-10-3-1-2-8(14-10)11(17)16-12-15-9(6-18-12)7-4-5-7/h1-3,6-7H,4-5H2,(H,15,16,17). The predicted octanol–water partition coefficient (Wildman–Crippen LogP) is 2.81. The Morgan fingerprint density at radius 2 is 2.22 bits per heavy atom. The fourth-order valence-corrected chi connectivity index (χ4v) is 2.39. The van der Waals surface area contributed by atoms with Gasteiger partial charge in [0.05, 0.1) is 5.69 Å². The van der Waals surface area contributed by atoms with Gasteiger partial charge in [0.1, 0.15) is 5.69 Å². The van der Waals surface area contributed by atoms with Crippen molar-refractivity contribution in [3.05, 3.63) is 40.9 Å². The molecule has 1 saturated carbocycles. The molecule has 1 fully saturated rings. The first-order valence-corrected chi connectivity index (χ1v) is 6.49. The largest absolute Gasteiger partial charge is 0.296 e. The lowest BCUT2D eigenvalue weighted by Gasteiger charge is -2.00. The van der Waals surface area contributed by atoms with Gasteiger partial charge in [-0.05, 0) is 25.0 Å². The van der Waals surface area contributed by atoms with Crippen molar-refractivity contribution in [2.45, 2.75) is 18.8 Å². The summed E-state index contributed by atoms with van der Waals surface area (Å²) in [4.78, 5) is 19.6. The molecule has 0 aromatic carbocycles. The SMILES string of the molecule is O=C(Nc1nc(C2CC2)cs1)c1cccc(F)n1. The first-order valence-electron chi connectivity index (χ1n) is 5.62. The fraction of sp³-hybridized carbons (Fsp3) is 0.250. The topological polar surface area (TPSA) is 54.9 Å². The normalized spacial score (nSPS) is 14.5. The number of hydrogen-bond donors (Lipinski definition) is 1. The maximum absolute atomic E-state index is 12.9. The van der Waals surface area contributed by atoms with Crippen molar-refractivity contribution >= 4 is 22.4 Å². The van der Waals surface area contributed by atoms with Gasteiger partial charge in [-0.15, -0.1) is 11.3 Å². The van der Waals surface area contributed by atoms with Crippen molar-refractivity contribution in [3.63, 3.8) is 0 Å². The lowest BCUT2D eigenvalue weighted by molar-refractivity contribution is 0.102. The zero-order chi connectivity index (χ0) is 12.5. The highest BCUT2D eigenvalue weighted by Crippen LogP contribution is 2.40. The zero-order valence-electron chi connectivity index (χ0n) is 9.39. The number of anilines is 1. The number of nitrogens with one attached hydrogen (secondary N) is 1. The van der Waals surface area contributed by atoms with Crippen LogP contribution in [0.4, 0.5) is 9.52 Å². The molecular weight excluding hydrogens is 253 g/mol. The Morgan fingerprint density at radius 1 is 1.39 bits per heavy atom. The summed E-state index contributed by atoms with van der Waals surface area (Å²) in [6.45, 7) is 0. The molecule has 0 spiro atoms. The fourth-order valence-electron chi connectivity index (χ4n) is 1.61. The molecule has 1 amide bonds. The lowest BCUT2D eigenvalue weighted by atomic mass is 10.3. The first kappa shape index (κ1) is 11.3. The summed E-state index contributed by atoms with van der Waals surface area (Å²) < 4.78 is 12.9. The average molecular weight is 263 g/mol. The second kappa shape index (κ2) is 4.45. The summed E-state index contributed by atoms with van der Waals surface area (Å²) in [6.07, 6.45) is 2.34. The minimum Gasteiger partial charge on any atom is -0.296 e. The van der Waals surface area contributed by atoms with Gasteiger partial charge in [-0.2, -0.15) is 4.39 Å². The Labute approximate surface area is 107 Å². The van der Waals surface area contributed by atoms with Crippen LogP contribution < -0.4 is 5.32 Å². The van der Waals surface area contributed by atoms with Gasteiger partial charge in [-0.3, -0.25) is 10.1 Å². The Bertz CT molecular complexity index is 595. The van der Waals surface area contributed by atoms with Crippen LogP contribution >= 0.6 is 11.3 Å². The Kier molecular flexibility index (Phi) is 2.79. The number of aromatic nitrogens is 2. The van der Waals surface area contributed by atoms with Crippen LogP contribution in [-0.4, -0.2) is 15.9 Å². The van der Waals surface area contributed by atoms with E-state index in [0.29, 0.717) is 11.0 Å². The molecule has 4 nitrogen and oxygen atoms in total. The molecule has 6 heteroatoms. The molecule has 0 radical (unpaired) electrons. The molecule has 1 N–H and O–H groups in total. The molecule has 2 aromatic rings. The highest BCUT2D eigenvalue weighted by atomic mass is 32.1. The number of amides is 1. The molecular formula is C12H10FN3OS. The van der Waals surface area contributed by atoms with Crippen molar-refractivity contribution in [2.24, 2.45) is 0 Å². The third kappa shape index (κ3) is 2.38. The van der Waals surface area contributed by atoms with E-state index < -0.39 is 11.9 Å². The summed E-state index contributed by atoms with van der Waals surface area (Å²) in [5.74, 6) is -0.550. The summed E-state index contributed by atoms with van der Waals surface area (Å²) in [5, 5.41) is 5.11. The number of nitrogens with zero attached hydrogens (tertiary/aromatic N) is 2. The van der Waals surface area contributed by atoms with E-state index in [0.717, 1.165) is 5.69 Å². The van der Waals surface area contributed by atoms with Crippen LogP contribution in [0.15, 0.2) is 23.6 Å². The van der Waals surface area contributed by atoms with Crippen molar-refractivity contribution in [1.82, 2.24) is 9.97 Å². The molecule has 0 unspecified atom stereocenters. The van der Waals surface area contributed by atoms with Crippen molar-refractivity contribution in [2.75, 3.05) is 5.32 Å². The van der Waals surface area contributed by atoms with E-state index in [4.69, 9.17) is 0 Å². The van der Waals surface area contributed by atoms with Crippen LogP contribution in [0.25, 0.3) is 0 Å². The minimum absolute atomic E-state index is 0.0539. The van der Waals surface area contributed by atoms with Crippen LogP contribution in [0.1, 0.15) is 34.9 Å². The molecule has 0 bridgehead atoms. The van der Waals surface area contributed by atoms with E-state index in [1.165, 1.54) is 42.4 Å². The molecule has 0 atom stereocenters. The monoisotopic (exact) mass is 263 g/mol. The average Bonchev–Trinajstić information content (AvgIpc) is 3.11. The van der Waals surface area contributed by atoms with Crippen LogP contribution in [0.2, 0.25) is 0 Å². The van der Waals surface area contributed by atoms with Gasteiger partial charge in [-0.1, -0.05) is 6.07 Å². The number of thiazole rings is 1. The zero-order valence-corrected chi connectivity index (χ0v) is 10.2. The van der Waals surface area contributed by atoms with Gasteiger partial charge >= 0.3 is 0 Å². The molecule has 0 saturated heterocycles. The molecule has 1 aliphatic carbocycles. The molecule has 18 heavy (non-hydrogen) atoms. The maximum atomic E-state index is 12.9. The number of rotatable bonds is 3. The number of halogens is 1. The highest BCUT2D eigenvalue weighted by molar-refractivity contribution is 7.14. The Morgan fingerprint density at radius 3 is 2.94 bits per heavy atom. The summed E-state index contributed by atoms with van der Waals surface area (Å²) in [5.41, 5.74) is 1.08. The van der Waals surface area contributed by atoms with E-state index in [2.05, 4.69) is 15.3 Å². The predicted molar refractivity (Wildman–Crippen MR) is 66.2 cm³/mol. The second-order valence-electron chi connectivity index (χ2n) is 4.15. The van der Waals surface area contributed by atoms with E-state index in [9.17, 15) is 9.18 Å². The number of carbonyl (C=O) groups is 1. The smallest absolute Gasteiger partial charge is 0.276 e. The van der Waals surface area contributed by atoms with E-state index in [-0.39, 0.29) is 5.69 Å². The van der Waals surface area contributed by atoms with Gasteiger partial charge in [-0.25, -0.2) is 9.97 Å². The van der Waals surface area contributed by atoms with Crippen molar-refractivity contribution in [1.29, 1.82) is 0 Å². The van der Waals surface area contributed by atoms with Gasteiger partial charge in [0.15, 0.2) is 5.13 Å². The molecule has 2 heterocycles. The lowest BCUT2D eigenvalue weighted by Crippen LogP contribution is -2.14. The first-order chi connectivity index (χ1) is 8.72. The summed E-state index contributed by atoms with van der Waals surface area (Å²) in [6, 6.07) is 4.12. The third-order valence-corrected chi connectivity index (χ3v) is 3.46. The molecule has 1 aliphatic rings. The second-order valence-corrected chi connectivity index (χ2v) is 5.01. The van der Waals surface area contributed by atoms with Gasteiger partial charge in [0.25, 0.3) is 5.91 Å². The summed E-state index contributed by atoms with van der Waals surface area (Å²) >= 11 is 1.38. The Hall–Kier alpha value is -1.82. The number of carbonyl (C=O) groups excluding carboxylic acids is 1. The van der Waals surface area contributed by atoms with Gasteiger partial charge < -0.3 is 0 Å². The van der Waals surface area contributed by atoms with Crippen molar-refractivity contribution < 1.29 is 9.18 Å². The highest BCUT2D eigenvalue weighted by Gasteiger charge is 2.26. The third-order valence-electron chi connectivity index (χ3n) is 2.69. The maximum Gasteiger partial charge on any atom is 0.276 e.